The molecule has 0 aliphatic carbocycles. The molecule has 0 radical (unpaired) electrons. The van der Waals surface area contributed by atoms with Gasteiger partial charge in [0, 0.05) is 36.6 Å². The molecule has 2 N–H and O–H groups in total. The molecular formula is C18H19N5O2. The fourth-order valence-electron chi connectivity index (χ4n) is 2.19. The van der Waals surface area contributed by atoms with Crippen LogP contribution in [0.4, 0.5) is 11.6 Å². The standard InChI is InChI=1S/C18H19N5O2/c1-12-13(2)25-17(22-12)14-4-6-15(7-5-14)23-16(24)8-11-21-18-19-9-3-10-20-18/h3-7,9-10H,8,11H2,1-2H3,(H,23,24)(H,19,20,21). The minimum Gasteiger partial charge on any atom is -0.441 e. The molecule has 0 fully saturated rings. The van der Waals surface area contributed by atoms with E-state index in [1.165, 1.54) is 0 Å². The molecule has 128 valence electrons. The summed E-state index contributed by atoms with van der Waals surface area (Å²) in [4.78, 5) is 24.4. The number of anilines is 2. The molecule has 2 heterocycles. The number of carbonyl (C=O) groups excluding carboxylic acids is 1. The zero-order valence-corrected chi connectivity index (χ0v) is 14.1. The Bertz CT molecular complexity index is 824. The molecule has 0 unspecified atom stereocenters. The van der Waals surface area contributed by atoms with Crippen LogP contribution in [-0.2, 0) is 4.79 Å². The zero-order chi connectivity index (χ0) is 17.6. The molecule has 1 aromatic carbocycles. The van der Waals surface area contributed by atoms with Gasteiger partial charge in [0.15, 0.2) is 0 Å². The van der Waals surface area contributed by atoms with E-state index in [4.69, 9.17) is 4.42 Å². The first kappa shape index (κ1) is 16.6. The minimum absolute atomic E-state index is 0.0843. The van der Waals surface area contributed by atoms with Crippen LogP contribution in [0.15, 0.2) is 47.1 Å². The van der Waals surface area contributed by atoms with E-state index in [0.29, 0.717) is 24.8 Å². The second-order valence-electron chi connectivity index (χ2n) is 5.54. The molecule has 7 nitrogen and oxygen atoms in total. The lowest BCUT2D eigenvalue weighted by atomic mass is 10.2. The number of nitrogens with one attached hydrogen (secondary N) is 2. The van der Waals surface area contributed by atoms with E-state index < -0.39 is 0 Å². The highest BCUT2D eigenvalue weighted by atomic mass is 16.4. The Morgan fingerprint density at radius 2 is 1.84 bits per heavy atom. The van der Waals surface area contributed by atoms with Crippen molar-refractivity contribution in [1.82, 2.24) is 15.0 Å². The molecule has 0 aliphatic rings. The highest BCUT2D eigenvalue weighted by Gasteiger charge is 2.08. The first-order valence-corrected chi connectivity index (χ1v) is 7.97. The molecule has 7 heteroatoms. The van der Waals surface area contributed by atoms with Crippen LogP contribution in [0.1, 0.15) is 17.9 Å². The van der Waals surface area contributed by atoms with Crippen LogP contribution in [-0.4, -0.2) is 27.4 Å². The third kappa shape index (κ3) is 4.41. The fraction of sp³-hybridized carbons (Fsp3) is 0.222. The summed E-state index contributed by atoms with van der Waals surface area (Å²) in [6.45, 7) is 4.25. The van der Waals surface area contributed by atoms with Gasteiger partial charge in [0.1, 0.15) is 5.76 Å². The molecule has 2 aromatic heterocycles. The van der Waals surface area contributed by atoms with Gasteiger partial charge < -0.3 is 15.1 Å². The van der Waals surface area contributed by atoms with Crippen LogP contribution in [0.3, 0.4) is 0 Å². The number of aryl methyl sites for hydroxylation is 2. The lowest BCUT2D eigenvalue weighted by Gasteiger charge is -2.06. The van der Waals surface area contributed by atoms with Crippen LogP contribution in [0.25, 0.3) is 11.5 Å². The third-order valence-electron chi connectivity index (χ3n) is 3.65. The number of hydrogen-bond acceptors (Lipinski definition) is 6. The molecule has 0 saturated carbocycles. The predicted octanol–water partition coefficient (Wildman–Crippen LogP) is 3.19. The summed E-state index contributed by atoms with van der Waals surface area (Å²) < 4.78 is 5.60. The highest BCUT2D eigenvalue weighted by molar-refractivity contribution is 5.91. The summed E-state index contributed by atoms with van der Waals surface area (Å²) >= 11 is 0. The van der Waals surface area contributed by atoms with Crippen LogP contribution < -0.4 is 10.6 Å². The van der Waals surface area contributed by atoms with Crippen molar-refractivity contribution >= 4 is 17.5 Å². The molecule has 3 rings (SSSR count). The summed E-state index contributed by atoms with van der Waals surface area (Å²) in [6, 6.07) is 9.14. The lowest BCUT2D eigenvalue weighted by molar-refractivity contribution is -0.115. The Morgan fingerprint density at radius 1 is 1.12 bits per heavy atom. The average Bonchev–Trinajstić information content (AvgIpc) is 2.95. The summed E-state index contributed by atoms with van der Waals surface area (Å²) in [6.07, 6.45) is 3.61. The van der Waals surface area contributed by atoms with E-state index in [9.17, 15) is 4.79 Å². The van der Waals surface area contributed by atoms with Gasteiger partial charge in [-0.3, -0.25) is 4.79 Å². The van der Waals surface area contributed by atoms with E-state index >= 15 is 0 Å². The Hall–Kier alpha value is -3.22. The van der Waals surface area contributed by atoms with Crippen LogP contribution in [0.5, 0.6) is 0 Å². The van der Waals surface area contributed by atoms with Crippen molar-refractivity contribution in [2.45, 2.75) is 20.3 Å². The number of oxazole rings is 1. The van der Waals surface area contributed by atoms with Crippen molar-refractivity contribution in [3.05, 3.63) is 54.2 Å². The van der Waals surface area contributed by atoms with Crippen LogP contribution >= 0.6 is 0 Å². The molecule has 1 amide bonds. The maximum Gasteiger partial charge on any atom is 0.226 e. The van der Waals surface area contributed by atoms with Crippen LogP contribution in [0.2, 0.25) is 0 Å². The monoisotopic (exact) mass is 337 g/mol. The van der Waals surface area contributed by atoms with Gasteiger partial charge in [-0.2, -0.15) is 0 Å². The molecule has 0 saturated heterocycles. The molecule has 3 aromatic rings. The summed E-state index contributed by atoms with van der Waals surface area (Å²) in [5.74, 6) is 1.82. The van der Waals surface area contributed by atoms with Crippen molar-refractivity contribution in [2.24, 2.45) is 0 Å². The fourth-order valence-corrected chi connectivity index (χ4v) is 2.19. The second kappa shape index (κ2) is 7.57. The third-order valence-corrected chi connectivity index (χ3v) is 3.65. The number of carbonyl (C=O) groups is 1. The van der Waals surface area contributed by atoms with Crippen molar-refractivity contribution in [2.75, 3.05) is 17.2 Å². The van der Waals surface area contributed by atoms with E-state index in [2.05, 4.69) is 25.6 Å². The van der Waals surface area contributed by atoms with Gasteiger partial charge in [0.25, 0.3) is 0 Å². The number of rotatable bonds is 6. The number of hydrogen-bond donors (Lipinski definition) is 2. The molecule has 0 spiro atoms. The lowest BCUT2D eigenvalue weighted by Crippen LogP contribution is -2.16. The minimum atomic E-state index is -0.0843. The first-order chi connectivity index (χ1) is 12.1. The van der Waals surface area contributed by atoms with Gasteiger partial charge in [-0.1, -0.05) is 0 Å². The number of amides is 1. The van der Waals surface area contributed by atoms with Gasteiger partial charge in [0.2, 0.25) is 17.7 Å². The quantitative estimate of drug-likeness (QED) is 0.717. The normalized spacial score (nSPS) is 10.5. The van der Waals surface area contributed by atoms with Gasteiger partial charge in [-0.05, 0) is 44.2 Å². The van der Waals surface area contributed by atoms with Gasteiger partial charge in [-0.25, -0.2) is 15.0 Å². The maximum absolute atomic E-state index is 12.0. The van der Waals surface area contributed by atoms with E-state index in [-0.39, 0.29) is 5.91 Å². The zero-order valence-electron chi connectivity index (χ0n) is 14.1. The van der Waals surface area contributed by atoms with E-state index in [1.54, 1.807) is 18.5 Å². The Labute approximate surface area is 145 Å². The average molecular weight is 337 g/mol. The molecule has 0 aliphatic heterocycles. The van der Waals surface area contributed by atoms with E-state index in [1.807, 2.05) is 38.1 Å². The number of aromatic nitrogens is 3. The smallest absolute Gasteiger partial charge is 0.226 e. The van der Waals surface area contributed by atoms with Crippen LogP contribution in [0, 0.1) is 13.8 Å². The summed E-state index contributed by atoms with van der Waals surface area (Å²) in [7, 11) is 0. The number of benzene rings is 1. The van der Waals surface area contributed by atoms with Gasteiger partial charge in [0.05, 0.1) is 5.69 Å². The number of nitrogens with zero attached hydrogens (tertiary/aromatic N) is 3. The molecule has 25 heavy (non-hydrogen) atoms. The molecule has 0 atom stereocenters. The van der Waals surface area contributed by atoms with Gasteiger partial charge >= 0.3 is 0 Å². The van der Waals surface area contributed by atoms with Crippen molar-refractivity contribution in [1.29, 1.82) is 0 Å². The van der Waals surface area contributed by atoms with Crippen molar-refractivity contribution in [3.8, 4) is 11.5 Å². The van der Waals surface area contributed by atoms with Crippen molar-refractivity contribution < 1.29 is 9.21 Å². The van der Waals surface area contributed by atoms with E-state index in [0.717, 1.165) is 22.7 Å². The first-order valence-electron chi connectivity index (χ1n) is 7.97. The Balaban J connectivity index is 1.51. The Kier molecular flexibility index (Phi) is 5.03. The topological polar surface area (TPSA) is 92.9 Å². The second-order valence-corrected chi connectivity index (χ2v) is 5.54. The predicted molar refractivity (Wildman–Crippen MR) is 95.2 cm³/mol. The SMILES string of the molecule is Cc1nc(-c2ccc(NC(=O)CCNc3ncccn3)cc2)oc1C. The summed E-state index contributed by atoms with van der Waals surface area (Å²) in [5, 5.41) is 5.85. The molecule has 0 bridgehead atoms. The van der Waals surface area contributed by atoms with Gasteiger partial charge in [-0.15, -0.1) is 0 Å². The largest absolute Gasteiger partial charge is 0.441 e. The van der Waals surface area contributed by atoms with Crippen molar-refractivity contribution in [3.63, 3.8) is 0 Å². The Morgan fingerprint density at radius 3 is 2.48 bits per heavy atom. The maximum atomic E-state index is 12.0. The highest BCUT2D eigenvalue weighted by Crippen LogP contribution is 2.23. The summed E-state index contributed by atoms with van der Waals surface area (Å²) in [5.41, 5.74) is 2.48. The molecular weight excluding hydrogens is 318 g/mol.